The first-order valence-corrected chi connectivity index (χ1v) is 10.1. The first-order chi connectivity index (χ1) is 15.4. The van der Waals surface area contributed by atoms with Crippen LogP contribution in [0.25, 0.3) is 0 Å². The van der Waals surface area contributed by atoms with Crippen LogP contribution in [0.5, 0.6) is 5.75 Å². The molecular weight excluding hydrogens is 413 g/mol. The number of carbonyl (C=O) groups excluding carboxylic acids is 2. The van der Waals surface area contributed by atoms with E-state index in [1.807, 2.05) is 6.92 Å². The van der Waals surface area contributed by atoms with Crippen LogP contribution in [-0.4, -0.2) is 22.1 Å². The topological polar surface area (TPSA) is 101 Å². The van der Waals surface area contributed by atoms with Crippen molar-refractivity contribution in [2.45, 2.75) is 32.4 Å². The maximum atomic E-state index is 13.4. The highest BCUT2D eigenvalue weighted by molar-refractivity contribution is 6.05. The molecule has 0 aliphatic carbocycles. The second kappa shape index (κ2) is 10.4. The zero-order chi connectivity index (χ0) is 23.1. The summed E-state index contributed by atoms with van der Waals surface area (Å²) in [7, 11) is 0. The average molecular weight is 437 g/mol. The molecule has 32 heavy (non-hydrogen) atoms. The van der Waals surface area contributed by atoms with E-state index in [0.717, 1.165) is 6.20 Å². The third-order valence-electron chi connectivity index (χ3n) is 4.91. The number of alkyl carbamates (subject to hydrolysis) is 1. The van der Waals surface area contributed by atoms with Gasteiger partial charge < -0.3 is 20.5 Å². The van der Waals surface area contributed by atoms with Crippen molar-refractivity contribution in [2.75, 3.05) is 5.32 Å². The van der Waals surface area contributed by atoms with Gasteiger partial charge in [-0.3, -0.25) is 9.78 Å². The van der Waals surface area contributed by atoms with Gasteiger partial charge in [0.25, 0.3) is 5.91 Å². The molecule has 3 N–H and O–H groups in total. The largest absolute Gasteiger partial charge is 0.506 e. The Labute approximate surface area is 185 Å². The number of hydrogen-bond donors (Lipinski definition) is 3. The second-order valence-electron chi connectivity index (χ2n) is 7.18. The minimum atomic E-state index is -0.644. The Kier molecular flexibility index (Phi) is 7.38. The van der Waals surface area contributed by atoms with Crippen molar-refractivity contribution in [1.82, 2.24) is 10.3 Å². The minimum Gasteiger partial charge on any atom is -0.506 e. The second-order valence-corrected chi connectivity index (χ2v) is 7.18. The number of aromatic hydroxyl groups is 1. The molecule has 0 radical (unpaired) electrons. The van der Waals surface area contributed by atoms with Crippen molar-refractivity contribution in [1.29, 1.82) is 0 Å². The lowest BCUT2D eigenvalue weighted by atomic mass is 10.1. The molecule has 0 fully saturated rings. The van der Waals surface area contributed by atoms with E-state index < -0.39 is 24.1 Å². The van der Waals surface area contributed by atoms with Gasteiger partial charge in [-0.1, -0.05) is 31.2 Å². The Balaban J connectivity index is 1.59. The standard InChI is InChI=1S/C24H24FN3O4/c1-3-20(18-12-19(25)14-26-13-18)28-24(31)32-15(2)16-8-10-17(11-9-16)23(30)27-21-6-4-5-7-22(21)29/h4-15,20,29H,3H2,1-2H3,(H,27,30)(H,28,31)/t15-,20-/m0/s1. The highest BCUT2D eigenvalue weighted by Gasteiger charge is 2.18. The summed E-state index contributed by atoms with van der Waals surface area (Å²) in [6, 6.07) is 13.9. The number of pyridine rings is 1. The van der Waals surface area contributed by atoms with Gasteiger partial charge >= 0.3 is 6.09 Å². The Hall–Kier alpha value is -3.94. The Morgan fingerprint density at radius 2 is 1.81 bits per heavy atom. The number of rotatable bonds is 7. The lowest BCUT2D eigenvalue weighted by Gasteiger charge is -2.20. The average Bonchev–Trinajstić information content (AvgIpc) is 2.79. The summed E-state index contributed by atoms with van der Waals surface area (Å²) >= 11 is 0. The third-order valence-corrected chi connectivity index (χ3v) is 4.91. The van der Waals surface area contributed by atoms with Gasteiger partial charge in [-0.25, -0.2) is 9.18 Å². The Morgan fingerprint density at radius 3 is 2.47 bits per heavy atom. The zero-order valence-corrected chi connectivity index (χ0v) is 17.7. The predicted molar refractivity (Wildman–Crippen MR) is 118 cm³/mol. The number of ether oxygens (including phenoxy) is 1. The zero-order valence-electron chi connectivity index (χ0n) is 17.7. The molecule has 0 saturated carbocycles. The normalized spacial score (nSPS) is 12.5. The number of carbonyl (C=O) groups is 2. The quantitative estimate of drug-likeness (QED) is 0.446. The number of amides is 2. The van der Waals surface area contributed by atoms with E-state index in [1.54, 1.807) is 49.4 Å². The summed E-state index contributed by atoms with van der Waals surface area (Å²) in [4.78, 5) is 28.5. The molecule has 2 atom stereocenters. The van der Waals surface area contributed by atoms with E-state index in [9.17, 15) is 19.1 Å². The van der Waals surface area contributed by atoms with Crippen LogP contribution in [0.2, 0.25) is 0 Å². The molecular formula is C24H24FN3O4. The Morgan fingerprint density at radius 1 is 1.09 bits per heavy atom. The maximum Gasteiger partial charge on any atom is 0.408 e. The smallest absolute Gasteiger partial charge is 0.408 e. The molecule has 7 nitrogen and oxygen atoms in total. The maximum absolute atomic E-state index is 13.4. The monoisotopic (exact) mass is 437 g/mol. The van der Waals surface area contributed by atoms with E-state index >= 15 is 0 Å². The molecule has 0 aliphatic rings. The van der Waals surface area contributed by atoms with Crippen molar-refractivity contribution in [3.63, 3.8) is 0 Å². The molecule has 0 spiro atoms. The van der Waals surface area contributed by atoms with Crippen LogP contribution in [0.15, 0.2) is 67.0 Å². The fraction of sp³-hybridized carbons (Fsp3) is 0.208. The van der Waals surface area contributed by atoms with Gasteiger partial charge in [0.05, 0.1) is 17.9 Å². The number of benzene rings is 2. The fourth-order valence-electron chi connectivity index (χ4n) is 3.12. The highest BCUT2D eigenvalue weighted by atomic mass is 19.1. The molecule has 0 saturated heterocycles. The Bertz CT molecular complexity index is 1090. The van der Waals surface area contributed by atoms with Crippen LogP contribution >= 0.6 is 0 Å². The molecule has 2 amide bonds. The van der Waals surface area contributed by atoms with E-state index in [0.29, 0.717) is 28.8 Å². The summed E-state index contributed by atoms with van der Waals surface area (Å²) in [5.74, 6) is -0.875. The van der Waals surface area contributed by atoms with Gasteiger partial charge in [0.2, 0.25) is 0 Å². The van der Waals surface area contributed by atoms with Crippen LogP contribution < -0.4 is 10.6 Å². The number of aromatic nitrogens is 1. The summed E-state index contributed by atoms with van der Waals surface area (Å²) in [5, 5.41) is 15.1. The molecule has 3 rings (SSSR count). The van der Waals surface area contributed by atoms with Gasteiger partial charge in [-0.05, 0) is 54.8 Å². The van der Waals surface area contributed by atoms with E-state index in [-0.39, 0.29) is 11.7 Å². The lowest BCUT2D eigenvalue weighted by molar-refractivity contribution is 0.101. The molecule has 0 aliphatic heterocycles. The van der Waals surface area contributed by atoms with Gasteiger partial charge in [0, 0.05) is 11.8 Å². The number of phenolic OH excluding ortho intramolecular Hbond substituents is 1. The number of hydrogen-bond acceptors (Lipinski definition) is 5. The number of anilines is 1. The summed E-state index contributed by atoms with van der Waals surface area (Å²) in [5.41, 5.74) is 1.95. The van der Waals surface area contributed by atoms with Crippen LogP contribution in [-0.2, 0) is 4.74 Å². The van der Waals surface area contributed by atoms with E-state index in [4.69, 9.17) is 4.74 Å². The molecule has 8 heteroatoms. The van der Waals surface area contributed by atoms with Crippen LogP contribution in [0, 0.1) is 5.82 Å². The number of phenols is 1. The molecule has 1 heterocycles. The van der Waals surface area contributed by atoms with E-state index in [1.165, 1.54) is 18.3 Å². The number of halogens is 1. The van der Waals surface area contributed by atoms with Crippen molar-refractivity contribution in [3.05, 3.63) is 89.5 Å². The van der Waals surface area contributed by atoms with Crippen LogP contribution in [0.4, 0.5) is 14.9 Å². The predicted octanol–water partition coefficient (Wildman–Crippen LogP) is 5.12. The first kappa shape index (κ1) is 22.7. The summed E-state index contributed by atoms with van der Waals surface area (Å²) in [6.45, 7) is 3.57. The summed E-state index contributed by atoms with van der Waals surface area (Å²) in [6.07, 6.45) is 1.92. The first-order valence-electron chi connectivity index (χ1n) is 10.1. The van der Waals surface area contributed by atoms with Crippen molar-refractivity contribution < 1.29 is 23.8 Å². The molecule has 1 aromatic heterocycles. The van der Waals surface area contributed by atoms with Gasteiger partial charge in [0.1, 0.15) is 17.7 Å². The van der Waals surface area contributed by atoms with Gasteiger partial charge in [-0.2, -0.15) is 0 Å². The SMILES string of the molecule is CC[C@H](NC(=O)O[C@@H](C)c1ccc(C(=O)Nc2ccccc2O)cc1)c1cncc(F)c1. The summed E-state index contributed by atoms with van der Waals surface area (Å²) < 4.78 is 18.9. The highest BCUT2D eigenvalue weighted by Crippen LogP contribution is 2.23. The van der Waals surface area contributed by atoms with Gasteiger partial charge in [0.15, 0.2) is 0 Å². The lowest BCUT2D eigenvalue weighted by Crippen LogP contribution is -2.29. The fourth-order valence-corrected chi connectivity index (χ4v) is 3.12. The molecule has 2 aromatic carbocycles. The molecule has 166 valence electrons. The van der Waals surface area contributed by atoms with Crippen molar-refractivity contribution in [2.24, 2.45) is 0 Å². The minimum absolute atomic E-state index is 0.0232. The molecule has 0 bridgehead atoms. The van der Waals surface area contributed by atoms with Crippen LogP contribution in [0.1, 0.15) is 53.9 Å². The number of nitrogens with one attached hydrogen (secondary N) is 2. The van der Waals surface area contributed by atoms with Gasteiger partial charge in [-0.15, -0.1) is 0 Å². The van der Waals surface area contributed by atoms with Crippen molar-refractivity contribution >= 4 is 17.7 Å². The van der Waals surface area contributed by atoms with Crippen LogP contribution in [0.3, 0.4) is 0 Å². The molecule has 3 aromatic rings. The third kappa shape index (κ3) is 5.81. The number of nitrogens with zero attached hydrogens (tertiary/aromatic N) is 1. The number of para-hydroxylation sites is 2. The molecule has 0 unspecified atom stereocenters. The van der Waals surface area contributed by atoms with E-state index in [2.05, 4.69) is 15.6 Å². The van der Waals surface area contributed by atoms with Crippen molar-refractivity contribution in [3.8, 4) is 5.75 Å².